The van der Waals surface area contributed by atoms with Crippen LogP contribution in [0.1, 0.15) is 43.6 Å². The van der Waals surface area contributed by atoms with Crippen molar-refractivity contribution in [3.8, 4) is 11.1 Å². The maximum Gasteiger partial charge on any atom is 0.324 e. The number of aryl methyl sites for hydroxylation is 2. The SMILES string of the molecule is COC1CCC(Nc2ccc(-c3c(C)noc3C)cc2NC(=O)[C@@H]2CC(=O)N(C)C(=O)N2)CC1. The summed E-state index contributed by atoms with van der Waals surface area (Å²) < 4.78 is 10.8. The van der Waals surface area contributed by atoms with Crippen LogP contribution in [0.2, 0.25) is 0 Å². The van der Waals surface area contributed by atoms with E-state index in [-0.39, 0.29) is 18.6 Å². The number of nitrogens with one attached hydrogen (secondary N) is 3. The Morgan fingerprint density at radius 2 is 1.91 bits per heavy atom. The van der Waals surface area contributed by atoms with E-state index in [1.807, 2.05) is 32.0 Å². The highest BCUT2D eigenvalue weighted by Crippen LogP contribution is 2.34. The van der Waals surface area contributed by atoms with Gasteiger partial charge in [0.2, 0.25) is 11.8 Å². The van der Waals surface area contributed by atoms with Crippen molar-refractivity contribution >= 4 is 29.2 Å². The number of hydrogen-bond donors (Lipinski definition) is 3. The van der Waals surface area contributed by atoms with Gasteiger partial charge in [0.15, 0.2) is 0 Å². The Bertz CT molecular complexity index is 1050. The highest BCUT2D eigenvalue weighted by Gasteiger charge is 2.34. The Labute approximate surface area is 198 Å². The largest absolute Gasteiger partial charge is 0.381 e. The normalized spacial score (nSPS) is 22.9. The molecule has 10 heteroatoms. The van der Waals surface area contributed by atoms with Gasteiger partial charge in [-0.05, 0) is 57.2 Å². The Kier molecular flexibility index (Phi) is 6.87. The molecule has 10 nitrogen and oxygen atoms in total. The van der Waals surface area contributed by atoms with Gasteiger partial charge in [0.25, 0.3) is 0 Å². The van der Waals surface area contributed by atoms with Gasteiger partial charge in [0, 0.05) is 25.8 Å². The van der Waals surface area contributed by atoms with E-state index in [4.69, 9.17) is 9.26 Å². The Morgan fingerprint density at radius 1 is 1.18 bits per heavy atom. The Balaban J connectivity index is 1.59. The topological polar surface area (TPSA) is 126 Å². The minimum Gasteiger partial charge on any atom is -0.381 e. The first-order valence-electron chi connectivity index (χ1n) is 11.5. The summed E-state index contributed by atoms with van der Waals surface area (Å²) in [5.74, 6) is -0.167. The molecule has 0 radical (unpaired) electrons. The van der Waals surface area contributed by atoms with Crippen LogP contribution in [0.4, 0.5) is 16.2 Å². The molecule has 4 amide bonds. The van der Waals surface area contributed by atoms with Gasteiger partial charge in [-0.2, -0.15) is 0 Å². The lowest BCUT2D eigenvalue weighted by Gasteiger charge is -2.30. The van der Waals surface area contributed by atoms with E-state index in [0.29, 0.717) is 11.4 Å². The molecule has 1 atom stereocenters. The first-order chi connectivity index (χ1) is 16.3. The zero-order valence-electron chi connectivity index (χ0n) is 19.9. The zero-order chi connectivity index (χ0) is 24.4. The van der Waals surface area contributed by atoms with Gasteiger partial charge in [-0.15, -0.1) is 0 Å². The van der Waals surface area contributed by atoms with Crippen LogP contribution in [0.25, 0.3) is 11.1 Å². The zero-order valence-corrected chi connectivity index (χ0v) is 19.9. The number of methoxy groups -OCH3 is 1. The second-order valence-electron chi connectivity index (χ2n) is 8.96. The number of nitrogens with zero attached hydrogens (tertiary/aromatic N) is 2. The van der Waals surface area contributed by atoms with Crippen LogP contribution in [0.3, 0.4) is 0 Å². The summed E-state index contributed by atoms with van der Waals surface area (Å²) in [5.41, 5.74) is 3.81. The summed E-state index contributed by atoms with van der Waals surface area (Å²) in [6.07, 6.45) is 4.04. The number of benzene rings is 1. The molecule has 34 heavy (non-hydrogen) atoms. The van der Waals surface area contributed by atoms with Gasteiger partial charge < -0.3 is 25.2 Å². The van der Waals surface area contributed by atoms with Crippen LogP contribution in [0.15, 0.2) is 22.7 Å². The number of carbonyl (C=O) groups excluding carboxylic acids is 3. The van der Waals surface area contributed by atoms with Gasteiger partial charge in [-0.25, -0.2) is 4.79 Å². The van der Waals surface area contributed by atoms with Crippen LogP contribution in [0.5, 0.6) is 0 Å². The number of aromatic nitrogens is 1. The maximum atomic E-state index is 13.1. The lowest BCUT2D eigenvalue weighted by atomic mass is 9.92. The number of urea groups is 1. The molecular weight excluding hydrogens is 438 g/mol. The van der Waals surface area contributed by atoms with E-state index in [1.165, 1.54) is 7.05 Å². The third kappa shape index (κ3) is 4.91. The van der Waals surface area contributed by atoms with Crippen LogP contribution in [0, 0.1) is 13.8 Å². The molecule has 0 spiro atoms. The fourth-order valence-corrected chi connectivity index (χ4v) is 4.59. The quantitative estimate of drug-likeness (QED) is 0.593. The Hall–Kier alpha value is -3.40. The van der Waals surface area contributed by atoms with E-state index >= 15 is 0 Å². The number of imide groups is 1. The summed E-state index contributed by atoms with van der Waals surface area (Å²) in [7, 11) is 3.13. The highest BCUT2D eigenvalue weighted by atomic mass is 16.5. The van der Waals surface area contributed by atoms with Crippen molar-refractivity contribution in [3.63, 3.8) is 0 Å². The predicted molar refractivity (Wildman–Crippen MR) is 126 cm³/mol. The van der Waals surface area contributed by atoms with Gasteiger partial charge in [0.1, 0.15) is 11.8 Å². The van der Waals surface area contributed by atoms with Crippen molar-refractivity contribution < 1.29 is 23.6 Å². The van der Waals surface area contributed by atoms with Gasteiger partial charge in [-0.3, -0.25) is 14.5 Å². The smallest absolute Gasteiger partial charge is 0.324 e. The van der Waals surface area contributed by atoms with E-state index in [0.717, 1.165) is 53.1 Å². The van der Waals surface area contributed by atoms with Crippen molar-refractivity contribution in [2.45, 2.75) is 64.1 Å². The number of ether oxygens (including phenoxy) is 1. The van der Waals surface area contributed by atoms with Crippen LogP contribution in [-0.4, -0.2) is 60.2 Å². The van der Waals surface area contributed by atoms with Crippen LogP contribution in [-0.2, 0) is 14.3 Å². The third-order valence-electron chi connectivity index (χ3n) is 6.64. The molecule has 1 aromatic heterocycles. The molecule has 1 saturated carbocycles. The standard InChI is InChI=1S/C24H31N5O5/c1-13-22(14(2)34-28-13)15-5-10-18(25-16-6-8-17(33-4)9-7-16)19(11-15)26-23(31)20-12-21(30)29(3)24(32)27-20/h5,10-11,16-17,20,25H,6-9,12H2,1-4H3,(H,26,31)(H,27,32)/t16?,17?,20-/m0/s1. The van der Waals surface area contributed by atoms with E-state index < -0.39 is 23.9 Å². The number of anilines is 2. The molecule has 182 valence electrons. The first kappa shape index (κ1) is 23.7. The molecule has 1 saturated heterocycles. The number of amides is 4. The summed E-state index contributed by atoms with van der Waals surface area (Å²) in [4.78, 5) is 38.1. The third-order valence-corrected chi connectivity index (χ3v) is 6.64. The maximum absolute atomic E-state index is 13.1. The summed E-state index contributed by atoms with van der Waals surface area (Å²) in [5, 5.41) is 13.1. The average Bonchev–Trinajstić information content (AvgIpc) is 3.16. The minimum absolute atomic E-state index is 0.0958. The highest BCUT2D eigenvalue weighted by molar-refractivity contribution is 6.06. The molecule has 4 rings (SSSR count). The molecular formula is C24H31N5O5. The molecule has 2 fully saturated rings. The molecule has 2 aliphatic rings. The number of carbonyl (C=O) groups is 3. The molecule has 1 aromatic carbocycles. The number of hydrogen-bond acceptors (Lipinski definition) is 7. The predicted octanol–water partition coefficient (Wildman–Crippen LogP) is 3.21. The molecule has 3 N–H and O–H groups in total. The van der Waals surface area contributed by atoms with E-state index in [2.05, 4.69) is 21.1 Å². The second kappa shape index (κ2) is 9.84. The molecule has 2 heterocycles. The fourth-order valence-electron chi connectivity index (χ4n) is 4.59. The van der Waals surface area contributed by atoms with Crippen LogP contribution >= 0.6 is 0 Å². The van der Waals surface area contributed by atoms with Crippen molar-refractivity contribution in [2.75, 3.05) is 24.8 Å². The number of rotatable bonds is 6. The monoisotopic (exact) mass is 469 g/mol. The van der Waals surface area contributed by atoms with Gasteiger partial charge in [-0.1, -0.05) is 11.2 Å². The van der Waals surface area contributed by atoms with E-state index in [1.54, 1.807) is 7.11 Å². The molecule has 0 bridgehead atoms. The average molecular weight is 470 g/mol. The summed E-state index contributed by atoms with van der Waals surface area (Å²) in [6, 6.07) is 4.48. The minimum atomic E-state index is -0.941. The summed E-state index contributed by atoms with van der Waals surface area (Å²) >= 11 is 0. The molecule has 2 aromatic rings. The molecule has 1 aliphatic carbocycles. The van der Waals surface area contributed by atoms with Gasteiger partial charge in [0.05, 0.1) is 29.6 Å². The first-order valence-corrected chi connectivity index (χ1v) is 11.5. The lowest BCUT2D eigenvalue weighted by molar-refractivity contribution is -0.132. The van der Waals surface area contributed by atoms with E-state index in [9.17, 15) is 14.4 Å². The fraction of sp³-hybridized carbons (Fsp3) is 0.500. The van der Waals surface area contributed by atoms with Crippen molar-refractivity contribution in [1.29, 1.82) is 0 Å². The van der Waals surface area contributed by atoms with Crippen LogP contribution < -0.4 is 16.0 Å². The van der Waals surface area contributed by atoms with Crippen molar-refractivity contribution in [3.05, 3.63) is 29.7 Å². The second-order valence-corrected chi connectivity index (χ2v) is 8.96. The lowest BCUT2D eigenvalue weighted by Crippen LogP contribution is -2.56. The summed E-state index contributed by atoms with van der Waals surface area (Å²) in [6.45, 7) is 3.71. The molecule has 0 unspecified atom stereocenters. The van der Waals surface area contributed by atoms with Crippen molar-refractivity contribution in [1.82, 2.24) is 15.4 Å². The van der Waals surface area contributed by atoms with Crippen molar-refractivity contribution in [2.24, 2.45) is 0 Å². The molecule has 1 aliphatic heterocycles. The van der Waals surface area contributed by atoms with Gasteiger partial charge >= 0.3 is 6.03 Å². The Morgan fingerprint density at radius 3 is 2.53 bits per heavy atom.